The van der Waals surface area contributed by atoms with Gasteiger partial charge in [0.1, 0.15) is 0 Å². The molecule has 0 fully saturated rings. The average molecular weight is 212 g/mol. The van der Waals surface area contributed by atoms with E-state index in [-0.39, 0.29) is 5.69 Å². The van der Waals surface area contributed by atoms with Gasteiger partial charge in [-0.2, -0.15) is 12.6 Å². The molecule has 0 atom stereocenters. The Morgan fingerprint density at radius 3 is 2.50 bits per heavy atom. The van der Waals surface area contributed by atoms with Crippen LogP contribution in [0.25, 0.3) is 0 Å². The maximum Gasteiger partial charge on any atom is 0.269 e. The van der Waals surface area contributed by atoms with Gasteiger partial charge >= 0.3 is 0 Å². The molecule has 1 aromatic rings. The summed E-state index contributed by atoms with van der Waals surface area (Å²) in [6, 6.07) is 6.53. The van der Waals surface area contributed by atoms with Crippen molar-refractivity contribution < 1.29 is 4.92 Å². The Morgan fingerprint density at radius 1 is 1.36 bits per heavy atom. The Labute approximate surface area is 87.9 Å². The van der Waals surface area contributed by atoms with Gasteiger partial charge in [0.2, 0.25) is 0 Å². The summed E-state index contributed by atoms with van der Waals surface area (Å²) in [6.45, 7) is 1.55. The lowest BCUT2D eigenvalue weighted by atomic mass is 10.2. The minimum absolute atomic E-state index is 0.128. The molecule has 0 radical (unpaired) electrons. The fourth-order valence-electron chi connectivity index (χ4n) is 1.05. The Bertz CT molecular complexity index is 300. The van der Waals surface area contributed by atoms with Crippen molar-refractivity contribution in [1.29, 1.82) is 0 Å². The largest absolute Gasteiger partial charge is 0.312 e. The maximum absolute atomic E-state index is 10.4. The summed E-state index contributed by atoms with van der Waals surface area (Å²) < 4.78 is 0. The standard InChI is InChI=1S/C9H12N2O2S/c12-11(13)9-3-1-8(2-4-9)7-10-5-6-14/h1-4,10,14H,5-7H2. The fraction of sp³-hybridized carbons (Fsp3) is 0.333. The molecule has 0 saturated carbocycles. The smallest absolute Gasteiger partial charge is 0.269 e. The third-order valence-electron chi connectivity index (χ3n) is 1.76. The number of nitro benzene ring substituents is 1. The molecule has 0 aliphatic carbocycles. The van der Waals surface area contributed by atoms with E-state index in [0.29, 0.717) is 0 Å². The van der Waals surface area contributed by atoms with Crippen LogP contribution in [0.3, 0.4) is 0 Å². The van der Waals surface area contributed by atoms with E-state index in [4.69, 9.17) is 0 Å². The quantitative estimate of drug-likeness (QED) is 0.337. The summed E-state index contributed by atoms with van der Waals surface area (Å²) in [5, 5.41) is 13.5. The van der Waals surface area contributed by atoms with Crippen LogP contribution in [0.1, 0.15) is 5.56 Å². The monoisotopic (exact) mass is 212 g/mol. The van der Waals surface area contributed by atoms with Crippen molar-refractivity contribution in [2.75, 3.05) is 12.3 Å². The summed E-state index contributed by atoms with van der Waals surface area (Å²) in [6.07, 6.45) is 0. The van der Waals surface area contributed by atoms with Crippen molar-refractivity contribution >= 4 is 18.3 Å². The summed E-state index contributed by atoms with van der Waals surface area (Å²) >= 11 is 4.06. The van der Waals surface area contributed by atoms with Crippen LogP contribution in [0.15, 0.2) is 24.3 Å². The zero-order valence-corrected chi connectivity index (χ0v) is 8.54. The van der Waals surface area contributed by atoms with Gasteiger partial charge in [0.15, 0.2) is 0 Å². The number of benzene rings is 1. The van der Waals surface area contributed by atoms with E-state index >= 15 is 0 Å². The zero-order valence-electron chi connectivity index (χ0n) is 7.64. The summed E-state index contributed by atoms with van der Waals surface area (Å²) in [5.41, 5.74) is 1.17. The van der Waals surface area contributed by atoms with Crippen molar-refractivity contribution in [2.45, 2.75) is 6.54 Å². The Hall–Kier alpha value is -1.07. The summed E-state index contributed by atoms with van der Waals surface area (Å²) in [5.74, 6) is 0.785. The summed E-state index contributed by atoms with van der Waals surface area (Å²) in [7, 11) is 0. The minimum Gasteiger partial charge on any atom is -0.312 e. The van der Waals surface area contributed by atoms with Crippen LogP contribution in [0.4, 0.5) is 5.69 Å². The second-order valence-corrected chi connectivity index (χ2v) is 3.27. The van der Waals surface area contributed by atoms with Gasteiger partial charge in [0.05, 0.1) is 4.92 Å². The molecule has 0 saturated heterocycles. The van der Waals surface area contributed by atoms with E-state index in [2.05, 4.69) is 17.9 Å². The SMILES string of the molecule is O=[N+]([O-])c1ccc(CNCCS)cc1. The number of nitrogens with one attached hydrogen (secondary N) is 1. The highest BCUT2D eigenvalue weighted by molar-refractivity contribution is 7.80. The third-order valence-corrected chi connectivity index (χ3v) is 1.99. The first-order valence-electron chi connectivity index (χ1n) is 4.29. The molecular weight excluding hydrogens is 200 g/mol. The van der Waals surface area contributed by atoms with Gasteiger partial charge in [-0.05, 0) is 5.56 Å². The third kappa shape index (κ3) is 3.35. The number of nitrogens with zero attached hydrogens (tertiary/aromatic N) is 1. The lowest BCUT2D eigenvalue weighted by Gasteiger charge is -2.01. The fourth-order valence-corrected chi connectivity index (χ4v) is 1.21. The van der Waals surface area contributed by atoms with Crippen LogP contribution < -0.4 is 5.32 Å². The second kappa shape index (κ2) is 5.62. The molecule has 4 nitrogen and oxygen atoms in total. The minimum atomic E-state index is -0.398. The zero-order chi connectivity index (χ0) is 10.4. The highest BCUT2D eigenvalue weighted by Crippen LogP contribution is 2.11. The Balaban J connectivity index is 2.51. The number of non-ortho nitro benzene ring substituents is 1. The van der Waals surface area contributed by atoms with Crippen molar-refractivity contribution in [3.05, 3.63) is 39.9 Å². The topological polar surface area (TPSA) is 55.2 Å². The van der Waals surface area contributed by atoms with E-state index in [9.17, 15) is 10.1 Å². The molecule has 1 rings (SSSR count). The molecule has 0 amide bonds. The van der Waals surface area contributed by atoms with Crippen LogP contribution in [-0.4, -0.2) is 17.2 Å². The van der Waals surface area contributed by atoms with Gasteiger partial charge < -0.3 is 5.32 Å². The second-order valence-electron chi connectivity index (χ2n) is 2.82. The first kappa shape index (κ1) is 11.0. The van der Waals surface area contributed by atoms with Gasteiger partial charge in [-0.1, -0.05) is 12.1 Å². The molecule has 76 valence electrons. The molecule has 0 bridgehead atoms. The predicted molar refractivity (Wildman–Crippen MR) is 58.7 cm³/mol. The first-order valence-corrected chi connectivity index (χ1v) is 4.92. The molecule has 0 heterocycles. The number of rotatable bonds is 5. The van der Waals surface area contributed by atoms with Crippen molar-refractivity contribution in [1.82, 2.24) is 5.32 Å². The number of nitro groups is 1. The van der Waals surface area contributed by atoms with E-state index < -0.39 is 4.92 Å². The Morgan fingerprint density at radius 2 is 2.00 bits per heavy atom. The molecule has 1 aromatic carbocycles. The molecule has 0 aliphatic rings. The molecule has 14 heavy (non-hydrogen) atoms. The number of hydrogen-bond donors (Lipinski definition) is 2. The number of thiol groups is 1. The average Bonchev–Trinajstić information content (AvgIpc) is 2.19. The van der Waals surface area contributed by atoms with Gasteiger partial charge in [-0.25, -0.2) is 0 Å². The van der Waals surface area contributed by atoms with E-state index in [1.165, 1.54) is 12.1 Å². The van der Waals surface area contributed by atoms with Crippen molar-refractivity contribution in [3.63, 3.8) is 0 Å². The molecule has 0 spiro atoms. The van der Waals surface area contributed by atoms with Crippen LogP contribution in [-0.2, 0) is 6.54 Å². The van der Waals surface area contributed by atoms with Crippen LogP contribution in [0.2, 0.25) is 0 Å². The van der Waals surface area contributed by atoms with Crippen LogP contribution in [0, 0.1) is 10.1 Å². The van der Waals surface area contributed by atoms with Crippen molar-refractivity contribution in [3.8, 4) is 0 Å². The normalized spacial score (nSPS) is 10.1. The van der Waals surface area contributed by atoms with E-state index in [1.54, 1.807) is 12.1 Å². The van der Waals surface area contributed by atoms with Gasteiger partial charge in [-0.3, -0.25) is 10.1 Å². The molecule has 0 aromatic heterocycles. The maximum atomic E-state index is 10.4. The molecule has 1 N–H and O–H groups in total. The van der Waals surface area contributed by atoms with E-state index in [1.807, 2.05) is 0 Å². The Kier molecular flexibility index (Phi) is 4.42. The molecular formula is C9H12N2O2S. The van der Waals surface area contributed by atoms with Gasteiger partial charge in [0, 0.05) is 31.0 Å². The predicted octanol–water partition coefficient (Wildman–Crippen LogP) is 1.61. The molecule has 5 heteroatoms. The van der Waals surface area contributed by atoms with E-state index in [0.717, 1.165) is 24.4 Å². The van der Waals surface area contributed by atoms with Crippen molar-refractivity contribution in [2.24, 2.45) is 0 Å². The lowest BCUT2D eigenvalue weighted by molar-refractivity contribution is -0.384. The number of hydrogen-bond acceptors (Lipinski definition) is 4. The highest BCUT2D eigenvalue weighted by atomic mass is 32.1. The summed E-state index contributed by atoms with van der Waals surface area (Å²) in [4.78, 5) is 9.95. The highest BCUT2D eigenvalue weighted by Gasteiger charge is 2.02. The molecule has 0 aliphatic heterocycles. The van der Waals surface area contributed by atoms with Crippen LogP contribution >= 0.6 is 12.6 Å². The lowest BCUT2D eigenvalue weighted by Crippen LogP contribution is -2.15. The molecule has 0 unspecified atom stereocenters. The van der Waals surface area contributed by atoms with Gasteiger partial charge in [0.25, 0.3) is 5.69 Å². The van der Waals surface area contributed by atoms with Crippen LogP contribution in [0.5, 0.6) is 0 Å². The van der Waals surface area contributed by atoms with Gasteiger partial charge in [-0.15, -0.1) is 0 Å². The first-order chi connectivity index (χ1) is 6.74.